The lowest BCUT2D eigenvalue weighted by molar-refractivity contribution is -0.122. The maximum Gasteiger partial charge on any atom is 0.254 e. The fourth-order valence-corrected chi connectivity index (χ4v) is 4.78. The molecule has 134 valence electrons. The molecule has 2 aliphatic rings. The summed E-state index contributed by atoms with van der Waals surface area (Å²) in [4.78, 5) is 14.3. The summed E-state index contributed by atoms with van der Waals surface area (Å²) in [7, 11) is -3.15. The first kappa shape index (κ1) is 17.8. The lowest BCUT2D eigenvalue weighted by Gasteiger charge is -2.46. The van der Waals surface area contributed by atoms with Gasteiger partial charge in [-0.2, -0.15) is 11.3 Å². The number of hydrogen-bond donors (Lipinski definition) is 1. The quantitative estimate of drug-likeness (QED) is 0.873. The van der Waals surface area contributed by atoms with Gasteiger partial charge in [0.25, 0.3) is 5.91 Å². The number of hydrogen-bond acceptors (Lipinski definition) is 5. The van der Waals surface area contributed by atoms with Gasteiger partial charge in [0, 0.05) is 31.6 Å². The van der Waals surface area contributed by atoms with Crippen LogP contribution in [-0.2, 0) is 14.8 Å². The van der Waals surface area contributed by atoms with Crippen LogP contribution < -0.4 is 4.72 Å². The minimum atomic E-state index is -3.15. The van der Waals surface area contributed by atoms with Gasteiger partial charge >= 0.3 is 0 Å². The van der Waals surface area contributed by atoms with E-state index < -0.39 is 10.0 Å². The van der Waals surface area contributed by atoms with Gasteiger partial charge in [0.2, 0.25) is 10.0 Å². The second-order valence-electron chi connectivity index (χ2n) is 6.82. The van der Waals surface area contributed by atoms with E-state index in [2.05, 4.69) is 4.72 Å². The van der Waals surface area contributed by atoms with Gasteiger partial charge in [0.05, 0.1) is 17.4 Å². The van der Waals surface area contributed by atoms with E-state index in [0.717, 1.165) is 31.2 Å². The molecule has 1 spiro atoms. The minimum Gasteiger partial charge on any atom is -0.375 e. The van der Waals surface area contributed by atoms with Crippen LogP contribution in [0.4, 0.5) is 0 Å². The zero-order chi connectivity index (χ0) is 17.2. The molecule has 1 amide bonds. The maximum absolute atomic E-state index is 12.4. The van der Waals surface area contributed by atoms with Gasteiger partial charge in [-0.25, -0.2) is 13.1 Å². The van der Waals surface area contributed by atoms with Crippen LogP contribution in [0.1, 0.15) is 36.0 Å². The first-order valence-electron chi connectivity index (χ1n) is 8.27. The average molecular weight is 373 g/mol. The third-order valence-electron chi connectivity index (χ3n) is 4.96. The fourth-order valence-electron chi connectivity index (χ4n) is 3.61. The largest absolute Gasteiger partial charge is 0.375 e. The zero-order valence-electron chi connectivity index (χ0n) is 13.9. The summed E-state index contributed by atoms with van der Waals surface area (Å²) >= 11 is 1.53. The molecule has 24 heavy (non-hydrogen) atoms. The molecule has 8 heteroatoms. The summed E-state index contributed by atoms with van der Waals surface area (Å²) < 4.78 is 31.3. The predicted octanol–water partition coefficient (Wildman–Crippen LogP) is 1.70. The van der Waals surface area contributed by atoms with Gasteiger partial charge < -0.3 is 9.64 Å². The summed E-state index contributed by atoms with van der Waals surface area (Å²) in [6, 6.07) is 1.86. The highest BCUT2D eigenvalue weighted by molar-refractivity contribution is 7.88. The van der Waals surface area contributed by atoms with Crippen LogP contribution in [0.15, 0.2) is 16.8 Å². The van der Waals surface area contributed by atoms with Crippen molar-refractivity contribution in [2.24, 2.45) is 5.92 Å². The number of amides is 1. The molecule has 1 atom stereocenters. The van der Waals surface area contributed by atoms with Crippen LogP contribution in [0.25, 0.3) is 0 Å². The number of thiophene rings is 1. The molecule has 6 nitrogen and oxygen atoms in total. The molecular weight excluding hydrogens is 348 g/mol. The van der Waals surface area contributed by atoms with Crippen molar-refractivity contribution in [3.05, 3.63) is 22.4 Å². The van der Waals surface area contributed by atoms with Crippen LogP contribution in [-0.4, -0.2) is 57.3 Å². The number of rotatable bonds is 4. The number of piperidine rings is 1. The van der Waals surface area contributed by atoms with E-state index in [1.54, 1.807) is 0 Å². The Morgan fingerprint density at radius 3 is 2.83 bits per heavy atom. The Morgan fingerprint density at radius 1 is 1.46 bits per heavy atom. The Kier molecular flexibility index (Phi) is 5.29. The zero-order valence-corrected chi connectivity index (χ0v) is 15.5. The normalized spacial score (nSPS) is 24.2. The highest BCUT2D eigenvalue weighted by Gasteiger charge is 2.41. The van der Waals surface area contributed by atoms with Crippen molar-refractivity contribution in [1.82, 2.24) is 9.62 Å². The van der Waals surface area contributed by atoms with Gasteiger partial charge in [-0.1, -0.05) is 0 Å². The third kappa shape index (κ3) is 4.36. The molecule has 0 bridgehead atoms. The smallest absolute Gasteiger partial charge is 0.254 e. The average Bonchev–Trinajstić information content (AvgIpc) is 3.07. The van der Waals surface area contributed by atoms with E-state index in [9.17, 15) is 13.2 Å². The first-order chi connectivity index (χ1) is 11.4. The Labute approximate surface area is 147 Å². The van der Waals surface area contributed by atoms with Crippen molar-refractivity contribution in [3.63, 3.8) is 0 Å². The molecule has 1 unspecified atom stereocenters. The molecule has 2 aliphatic heterocycles. The summed E-state index contributed by atoms with van der Waals surface area (Å²) in [5.74, 6) is 0.393. The molecule has 3 rings (SSSR count). The molecule has 2 fully saturated rings. The summed E-state index contributed by atoms with van der Waals surface area (Å²) in [6.07, 6.45) is 4.56. The lowest BCUT2D eigenvalue weighted by atomic mass is 9.79. The number of carbonyl (C=O) groups excluding carboxylic acids is 1. The van der Waals surface area contributed by atoms with Crippen LogP contribution in [0.3, 0.4) is 0 Å². The Balaban J connectivity index is 1.55. The van der Waals surface area contributed by atoms with Gasteiger partial charge in [0.1, 0.15) is 0 Å². The fraction of sp³-hybridized carbons (Fsp3) is 0.688. The van der Waals surface area contributed by atoms with Gasteiger partial charge in [-0.05, 0) is 43.0 Å². The molecule has 1 aromatic heterocycles. The van der Waals surface area contributed by atoms with Crippen molar-refractivity contribution in [2.75, 3.05) is 32.5 Å². The monoisotopic (exact) mass is 372 g/mol. The molecule has 3 heterocycles. The van der Waals surface area contributed by atoms with Crippen LogP contribution in [0.2, 0.25) is 0 Å². The van der Waals surface area contributed by atoms with Crippen LogP contribution in [0.5, 0.6) is 0 Å². The number of nitrogens with zero attached hydrogens (tertiary/aromatic N) is 1. The Hall–Kier alpha value is -0.960. The van der Waals surface area contributed by atoms with Gasteiger partial charge in [-0.15, -0.1) is 0 Å². The molecule has 0 aliphatic carbocycles. The molecule has 1 aromatic rings. The topological polar surface area (TPSA) is 75.7 Å². The van der Waals surface area contributed by atoms with Crippen molar-refractivity contribution in [1.29, 1.82) is 0 Å². The molecule has 0 saturated carbocycles. The van der Waals surface area contributed by atoms with Crippen molar-refractivity contribution < 1.29 is 17.9 Å². The number of nitrogens with one attached hydrogen (secondary N) is 1. The van der Waals surface area contributed by atoms with Gasteiger partial charge in [-0.3, -0.25) is 4.79 Å². The molecule has 1 N–H and O–H groups in total. The van der Waals surface area contributed by atoms with Crippen molar-refractivity contribution in [3.8, 4) is 0 Å². The van der Waals surface area contributed by atoms with Crippen LogP contribution >= 0.6 is 11.3 Å². The van der Waals surface area contributed by atoms with E-state index in [1.165, 1.54) is 17.6 Å². The Morgan fingerprint density at radius 2 is 2.21 bits per heavy atom. The van der Waals surface area contributed by atoms with E-state index in [0.29, 0.717) is 32.2 Å². The van der Waals surface area contributed by atoms with E-state index in [4.69, 9.17) is 4.74 Å². The first-order valence-corrected chi connectivity index (χ1v) is 11.1. The van der Waals surface area contributed by atoms with Gasteiger partial charge in [0.15, 0.2) is 0 Å². The minimum absolute atomic E-state index is 0.0946. The SMILES string of the molecule is CS(=O)(=O)NCC1CCOC2(CCN(C(=O)c3ccsc3)CC2)C1. The highest BCUT2D eigenvalue weighted by atomic mass is 32.2. The third-order valence-corrected chi connectivity index (χ3v) is 6.33. The maximum atomic E-state index is 12.4. The summed E-state index contributed by atoms with van der Waals surface area (Å²) in [5, 5.41) is 3.80. The van der Waals surface area contributed by atoms with E-state index in [-0.39, 0.29) is 11.5 Å². The predicted molar refractivity (Wildman–Crippen MR) is 93.7 cm³/mol. The molecule has 0 aromatic carbocycles. The summed E-state index contributed by atoms with van der Waals surface area (Å²) in [6.45, 7) is 2.53. The number of ether oxygens (including phenoxy) is 1. The standard InChI is InChI=1S/C16H24N2O4S2/c1-24(20,21)17-11-13-2-8-22-16(10-13)4-6-18(7-5-16)15(19)14-3-9-23-12-14/h3,9,12-13,17H,2,4-8,10-11H2,1H3. The molecular formula is C16H24N2O4S2. The second-order valence-corrected chi connectivity index (χ2v) is 9.43. The summed E-state index contributed by atoms with van der Waals surface area (Å²) in [5.41, 5.74) is 0.559. The van der Waals surface area contributed by atoms with Crippen LogP contribution in [0, 0.1) is 5.92 Å². The molecule has 2 saturated heterocycles. The lowest BCUT2D eigenvalue weighted by Crippen LogP contribution is -2.51. The highest BCUT2D eigenvalue weighted by Crippen LogP contribution is 2.37. The number of likely N-dealkylation sites (tertiary alicyclic amines) is 1. The second kappa shape index (κ2) is 7.11. The number of sulfonamides is 1. The molecule has 0 radical (unpaired) electrons. The van der Waals surface area contributed by atoms with Crippen molar-refractivity contribution in [2.45, 2.75) is 31.3 Å². The van der Waals surface area contributed by atoms with E-state index >= 15 is 0 Å². The van der Waals surface area contributed by atoms with Crippen molar-refractivity contribution >= 4 is 27.3 Å². The Bertz CT molecular complexity index is 664. The number of carbonyl (C=O) groups is 1. The van der Waals surface area contributed by atoms with E-state index in [1.807, 2.05) is 21.7 Å².